The molecule has 0 spiro atoms. The molecule has 0 bridgehead atoms. The standard InChI is InChI=1S/C23H28N2O3/c1-3-28-21-13-11-19(12-14-21)24-22(26)17-7-9-18(10-8-17)23(27)25-20-6-4-5-16(2)15-20/h4-6,11-15,17-18H,3,7-10H2,1-2H3,(H,24,26)(H,25,27). The third-order valence-electron chi connectivity index (χ3n) is 5.19. The molecular formula is C23H28N2O3. The summed E-state index contributed by atoms with van der Waals surface area (Å²) in [7, 11) is 0. The Morgan fingerprint density at radius 2 is 1.46 bits per heavy atom. The average Bonchev–Trinajstić information content (AvgIpc) is 2.70. The predicted molar refractivity (Wildman–Crippen MR) is 111 cm³/mol. The molecule has 2 aromatic carbocycles. The predicted octanol–water partition coefficient (Wildman–Crippen LogP) is 4.78. The zero-order chi connectivity index (χ0) is 19.9. The number of hydrogen-bond donors (Lipinski definition) is 2. The van der Waals surface area contributed by atoms with Gasteiger partial charge in [-0.15, -0.1) is 0 Å². The van der Waals surface area contributed by atoms with E-state index in [1.54, 1.807) is 0 Å². The summed E-state index contributed by atoms with van der Waals surface area (Å²) in [5.41, 5.74) is 2.72. The average molecular weight is 380 g/mol. The van der Waals surface area contributed by atoms with Gasteiger partial charge in [0.2, 0.25) is 11.8 Å². The van der Waals surface area contributed by atoms with Crippen LogP contribution < -0.4 is 15.4 Å². The van der Waals surface area contributed by atoms with Gasteiger partial charge in [0.25, 0.3) is 0 Å². The molecule has 2 amide bonds. The summed E-state index contributed by atoms with van der Waals surface area (Å²) in [6, 6.07) is 15.2. The van der Waals surface area contributed by atoms with E-state index in [0.717, 1.165) is 48.4 Å². The lowest BCUT2D eigenvalue weighted by atomic mass is 9.81. The molecule has 2 N–H and O–H groups in total. The normalized spacial score (nSPS) is 18.9. The molecule has 0 saturated heterocycles. The van der Waals surface area contributed by atoms with Gasteiger partial charge in [-0.1, -0.05) is 12.1 Å². The molecule has 1 aliphatic rings. The first-order chi connectivity index (χ1) is 13.5. The van der Waals surface area contributed by atoms with Gasteiger partial charge < -0.3 is 15.4 Å². The van der Waals surface area contributed by atoms with Crippen molar-refractivity contribution in [1.82, 2.24) is 0 Å². The summed E-state index contributed by atoms with van der Waals surface area (Å²) >= 11 is 0. The maximum atomic E-state index is 12.5. The Labute approximate surface area is 166 Å². The number of anilines is 2. The number of nitrogens with one attached hydrogen (secondary N) is 2. The van der Waals surface area contributed by atoms with Crippen LogP contribution in [-0.2, 0) is 9.59 Å². The highest BCUT2D eigenvalue weighted by molar-refractivity contribution is 5.94. The van der Waals surface area contributed by atoms with Gasteiger partial charge in [-0.2, -0.15) is 0 Å². The zero-order valence-corrected chi connectivity index (χ0v) is 16.5. The summed E-state index contributed by atoms with van der Waals surface area (Å²) in [5, 5.41) is 5.98. The van der Waals surface area contributed by atoms with Gasteiger partial charge in [0.15, 0.2) is 0 Å². The summed E-state index contributed by atoms with van der Waals surface area (Å²) in [4.78, 5) is 25.0. The third kappa shape index (κ3) is 5.35. The number of carbonyl (C=O) groups is 2. The smallest absolute Gasteiger partial charge is 0.227 e. The van der Waals surface area contributed by atoms with E-state index in [2.05, 4.69) is 10.6 Å². The number of ether oxygens (including phenoxy) is 1. The van der Waals surface area contributed by atoms with E-state index in [9.17, 15) is 9.59 Å². The van der Waals surface area contributed by atoms with E-state index in [0.29, 0.717) is 6.61 Å². The number of amides is 2. The van der Waals surface area contributed by atoms with E-state index in [1.165, 1.54) is 0 Å². The van der Waals surface area contributed by atoms with E-state index < -0.39 is 0 Å². The van der Waals surface area contributed by atoms with Crippen molar-refractivity contribution in [3.8, 4) is 5.75 Å². The molecule has 0 atom stereocenters. The molecule has 148 valence electrons. The molecule has 5 nitrogen and oxygen atoms in total. The molecule has 1 fully saturated rings. The van der Waals surface area contributed by atoms with Crippen molar-refractivity contribution in [1.29, 1.82) is 0 Å². The van der Waals surface area contributed by atoms with Gasteiger partial charge >= 0.3 is 0 Å². The molecule has 28 heavy (non-hydrogen) atoms. The topological polar surface area (TPSA) is 67.4 Å². The molecule has 0 radical (unpaired) electrons. The van der Waals surface area contributed by atoms with Crippen molar-refractivity contribution in [3.63, 3.8) is 0 Å². The van der Waals surface area contributed by atoms with Gasteiger partial charge in [-0.25, -0.2) is 0 Å². The van der Waals surface area contributed by atoms with E-state index in [-0.39, 0.29) is 23.7 Å². The van der Waals surface area contributed by atoms with Crippen molar-refractivity contribution in [2.24, 2.45) is 11.8 Å². The second kappa shape index (κ2) is 9.40. The fourth-order valence-corrected chi connectivity index (χ4v) is 3.63. The Bertz CT molecular complexity index is 809. The van der Waals surface area contributed by atoms with Gasteiger partial charge in [0.1, 0.15) is 5.75 Å². The molecule has 0 aromatic heterocycles. The van der Waals surface area contributed by atoms with Crippen LogP contribution >= 0.6 is 0 Å². The van der Waals surface area contributed by atoms with Crippen LogP contribution in [0.3, 0.4) is 0 Å². The first-order valence-corrected chi connectivity index (χ1v) is 9.96. The van der Waals surface area contributed by atoms with Gasteiger partial charge in [-0.3, -0.25) is 9.59 Å². The fraction of sp³-hybridized carbons (Fsp3) is 0.391. The van der Waals surface area contributed by atoms with Crippen LogP contribution in [0, 0.1) is 18.8 Å². The second-order valence-electron chi connectivity index (χ2n) is 7.35. The summed E-state index contributed by atoms with van der Waals surface area (Å²) in [6.07, 6.45) is 2.93. The Morgan fingerprint density at radius 1 is 0.893 bits per heavy atom. The molecular weight excluding hydrogens is 352 g/mol. The van der Waals surface area contributed by atoms with Crippen LogP contribution in [0.4, 0.5) is 11.4 Å². The maximum absolute atomic E-state index is 12.5. The first-order valence-electron chi connectivity index (χ1n) is 9.96. The minimum atomic E-state index is -0.0467. The van der Waals surface area contributed by atoms with Crippen molar-refractivity contribution in [3.05, 3.63) is 54.1 Å². The van der Waals surface area contributed by atoms with Crippen LogP contribution in [0.2, 0.25) is 0 Å². The highest BCUT2D eigenvalue weighted by atomic mass is 16.5. The Balaban J connectivity index is 1.47. The number of hydrogen-bond acceptors (Lipinski definition) is 3. The highest BCUT2D eigenvalue weighted by Crippen LogP contribution is 2.31. The molecule has 1 aliphatic carbocycles. The Kier molecular flexibility index (Phi) is 6.69. The summed E-state index contributed by atoms with van der Waals surface area (Å²) in [6.45, 7) is 4.56. The minimum absolute atomic E-state index is 0.0294. The van der Waals surface area contributed by atoms with E-state index in [1.807, 2.05) is 62.4 Å². The molecule has 0 unspecified atom stereocenters. The third-order valence-corrected chi connectivity index (χ3v) is 5.19. The minimum Gasteiger partial charge on any atom is -0.494 e. The SMILES string of the molecule is CCOc1ccc(NC(=O)C2CCC(C(=O)Nc3cccc(C)c3)CC2)cc1. The van der Waals surface area contributed by atoms with Crippen LogP contribution in [0.5, 0.6) is 5.75 Å². The lowest BCUT2D eigenvalue weighted by Crippen LogP contribution is -2.32. The maximum Gasteiger partial charge on any atom is 0.227 e. The summed E-state index contributed by atoms with van der Waals surface area (Å²) in [5.74, 6) is 0.794. The van der Waals surface area contributed by atoms with Crippen LogP contribution in [0.25, 0.3) is 0 Å². The Morgan fingerprint density at radius 3 is 2.00 bits per heavy atom. The lowest BCUT2D eigenvalue weighted by Gasteiger charge is -2.27. The largest absolute Gasteiger partial charge is 0.494 e. The second-order valence-corrected chi connectivity index (χ2v) is 7.35. The van der Waals surface area contributed by atoms with Crippen LogP contribution in [-0.4, -0.2) is 18.4 Å². The van der Waals surface area contributed by atoms with Gasteiger partial charge in [-0.05, 0) is 81.5 Å². The molecule has 3 rings (SSSR count). The molecule has 5 heteroatoms. The molecule has 1 saturated carbocycles. The number of benzene rings is 2. The van der Waals surface area contributed by atoms with E-state index >= 15 is 0 Å². The van der Waals surface area contributed by atoms with Gasteiger partial charge in [0.05, 0.1) is 6.61 Å². The van der Waals surface area contributed by atoms with Crippen molar-refractivity contribution < 1.29 is 14.3 Å². The molecule has 0 aliphatic heterocycles. The number of aryl methyl sites for hydroxylation is 1. The quantitative estimate of drug-likeness (QED) is 0.758. The van der Waals surface area contributed by atoms with Crippen molar-refractivity contribution in [2.75, 3.05) is 17.2 Å². The highest BCUT2D eigenvalue weighted by Gasteiger charge is 2.30. The summed E-state index contributed by atoms with van der Waals surface area (Å²) < 4.78 is 5.41. The first kappa shape index (κ1) is 19.9. The van der Waals surface area contributed by atoms with Crippen molar-refractivity contribution in [2.45, 2.75) is 39.5 Å². The monoisotopic (exact) mass is 380 g/mol. The van der Waals surface area contributed by atoms with Crippen LogP contribution in [0.1, 0.15) is 38.2 Å². The number of carbonyl (C=O) groups excluding carboxylic acids is 2. The van der Waals surface area contributed by atoms with E-state index in [4.69, 9.17) is 4.74 Å². The van der Waals surface area contributed by atoms with Crippen molar-refractivity contribution >= 4 is 23.2 Å². The van der Waals surface area contributed by atoms with Gasteiger partial charge in [0, 0.05) is 23.2 Å². The number of rotatable bonds is 6. The van der Waals surface area contributed by atoms with Crippen LogP contribution in [0.15, 0.2) is 48.5 Å². The fourth-order valence-electron chi connectivity index (χ4n) is 3.63. The Hall–Kier alpha value is -2.82. The molecule has 0 heterocycles. The lowest BCUT2D eigenvalue weighted by molar-refractivity contribution is -0.125. The zero-order valence-electron chi connectivity index (χ0n) is 16.5. The molecule has 2 aromatic rings.